The fourth-order valence-corrected chi connectivity index (χ4v) is 3.92. The lowest BCUT2D eigenvalue weighted by Crippen LogP contribution is -2.19. The van der Waals surface area contributed by atoms with Crippen molar-refractivity contribution in [2.24, 2.45) is 0 Å². The number of benzene rings is 2. The van der Waals surface area contributed by atoms with Crippen molar-refractivity contribution in [1.82, 2.24) is 0 Å². The molecule has 1 unspecified atom stereocenters. The molecule has 0 radical (unpaired) electrons. The topological polar surface area (TPSA) is 61.8 Å². The van der Waals surface area contributed by atoms with Crippen molar-refractivity contribution in [3.8, 4) is 5.75 Å². The number of rotatable bonds is 7. The molecular weight excluding hydrogens is 368 g/mol. The number of fused-ring (bicyclic) bond motifs is 1. The second kappa shape index (κ2) is 9.23. The van der Waals surface area contributed by atoms with Crippen molar-refractivity contribution in [3.05, 3.63) is 64.7 Å². The van der Waals surface area contributed by atoms with Gasteiger partial charge in [-0.05, 0) is 67.9 Å². The Bertz CT molecular complexity index is 883. The maximum absolute atomic E-state index is 12.5. The highest BCUT2D eigenvalue weighted by atomic mass is 16.5. The Hall–Kier alpha value is -2.66. The summed E-state index contributed by atoms with van der Waals surface area (Å²) < 4.78 is 16.6. The van der Waals surface area contributed by atoms with Crippen LogP contribution in [0.25, 0.3) is 0 Å². The quantitative estimate of drug-likeness (QED) is 0.521. The van der Waals surface area contributed by atoms with Crippen LogP contribution in [0.15, 0.2) is 42.5 Å². The SMILES string of the molecule is O=C(COC(=O)c1ccccc1OCC1CCCO1)c1ccc2c(c1)CCCC2. The Labute approximate surface area is 171 Å². The number of ether oxygens (including phenoxy) is 3. The second-order valence-corrected chi connectivity index (χ2v) is 7.63. The number of hydrogen-bond acceptors (Lipinski definition) is 5. The second-order valence-electron chi connectivity index (χ2n) is 7.63. The zero-order valence-electron chi connectivity index (χ0n) is 16.5. The van der Waals surface area contributed by atoms with Crippen LogP contribution in [0.4, 0.5) is 0 Å². The predicted octanol–water partition coefficient (Wildman–Crippen LogP) is 4.16. The molecular formula is C24H26O5. The largest absolute Gasteiger partial charge is 0.490 e. The molecule has 1 atom stereocenters. The predicted molar refractivity (Wildman–Crippen MR) is 109 cm³/mol. The van der Waals surface area contributed by atoms with Gasteiger partial charge in [0, 0.05) is 12.2 Å². The minimum atomic E-state index is -0.556. The van der Waals surface area contributed by atoms with Gasteiger partial charge in [-0.15, -0.1) is 0 Å². The van der Waals surface area contributed by atoms with Gasteiger partial charge in [-0.1, -0.05) is 24.3 Å². The third-order valence-electron chi connectivity index (χ3n) is 5.56. The molecule has 2 aliphatic rings. The first-order valence-corrected chi connectivity index (χ1v) is 10.4. The molecule has 2 aromatic rings. The third kappa shape index (κ3) is 4.85. The van der Waals surface area contributed by atoms with E-state index in [-0.39, 0.29) is 18.5 Å². The van der Waals surface area contributed by atoms with Crippen molar-refractivity contribution in [3.63, 3.8) is 0 Å². The Kier molecular flexibility index (Phi) is 6.25. The highest BCUT2D eigenvalue weighted by molar-refractivity contribution is 6.00. The highest BCUT2D eigenvalue weighted by Gasteiger charge is 2.20. The van der Waals surface area contributed by atoms with E-state index in [1.54, 1.807) is 24.3 Å². The Morgan fingerprint density at radius 1 is 1.00 bits per heavy atom. The third-order valence-corrected chi connectivity index (χ3v) is 5.56. The van der Waals surface area contributed by atoms with Gasteiger partial charge in [0.2, 0.25) is 0 Å². The minimum Gasteiger partial charge on any atom is -0.490 e. The molecule has 1 heterocycles. The average molecular weight is 394 g/mol. The summed E-state index contributed by atoms with van der Waals surface area (Å²) in [5.74, 6) is -0.294. The number of para-hydroxylation sites is 1. The molecule has 1 saturated heterocycles. The molecule has 2 aromatic carbocycles. The summed E-state index contributed by atoms with van der Waals surface area (Å²) in [6, 6.07) is 12.7. The molecule has 5 heteroatoms. The molecule has 0 saturated carbocycles. The van der Waals surface area contributed by atoms with Crippen molar-refractivity contribution >= 4 is 11.8 Å². The summed E-state index contributed by atoms with van der Waals surface area (Å²) in [7, 11) is 0. The maximum atomic E-state index is 12.5. The van der Waals surface area contributed by atoms with Crippen LogP contribution in [0.3, 0.4) is 0 Å². The first-order valence-electron chi connectivity index (χ1n) is 10.4. The zero-order valence-corrected chi connectivity index (χ0v) is 16.5. The lowest BCUT2D eigenvalue weighted by molar-refractivity contribution is 0.0459. The highest BCUT2D eigenvalue weighted by Crippen LogP contribution is 2.23. The van der Waals surface area contributed by atoms with E-state index in [0.717, 1.165) is 38.7 Å². The van der Waals surface area contributed by atoms with E-state index in [9.17, 15) is 9.59 Å². The Morgan fingerprint density at radius 3 is 2.66 bits per heavy atom. The van der Waals surface area contributed by atoms with E-state index in [2.05, 4.69) is 0 Å². The van der Waals surface area contributed by atoms with Crippen LogP contribution in [-0.4, -0.2) is 37.7 Å². The molecule has 4 rings (SSSR count). The van der Waals surface area contributed by atoms with Gasteiger partial charge < -0.3 is 14.2 Å². The summed E-state index contributed by atoms with van der Waals surface area (Å²) in [6.45, 7) is 0.874. The first-order chi connectivity index (χ1) is 14.2. The fourth-order valence-electron chi connectivity index (χ4n) is 3.92. The summed E-state index contributed by atoms with van der Waals surface area (Å²) >= 11 is 0. The molecule has 0 bridgehead atoms. The van der Waals surface area contributed by atoms with Gasteiger partial charge in [-0.3, -0.25) is 4.79 Å². The van der Waals surface area contributed by atoms with Gasteiger partial charge in [0.15, 0.2) is 12.4 Å². The van der Waals surface area contributed by atoms with Crippen LogP contribution in [-0.2, 0) is 22.3 Å². The standard InChI is InChI=1S/C24H26O5/c25-22(19-12-11-17-6-1-2-7-18(17)14-19)16-29-24(26)21-9-3-4-10-23(21)28-15-20-8-5-13-27-20/h3-4,9-12,14,20H,1-2,5-8,13,15-16H2. The smallest absolute Gasteiger partial charge is 0.342 e. The Morgan fingerprint density at radius 2 is 1.83 bits per heavy atom. The van der Waals surface area contributed by atoms with Crippen LogP contribution >= 0.6 is 0 Å². The van der Waals surface area contributed by atoms with Crippen molar-refractivity contribution < 1.29 is 23.8 Å². The summed E-state index contributed by atoms with van der Waals surface area (Å²) in [5, 5.41) is 0. The maximum Gasteiger partial charge on any atom is 0.342 e. The molecule has 152 valence electrons. The first kappa shape index (κ1) is 19.6. The normalized spacial score (nSPS) is 18.1. The Balaban J connectivity index is 1.36. The molecule has 29 heavy (non-hydrogen) atoms. The lowest BCUT2D eigenvalue weighted by Gasteiger charge is -2.16. The zero-order chi connectivity index (χ0) is 20.1. The molecule has 1 fully saturated rings. The average Bonchev–Trinajstić information content (AvgIpc) is 3.29. The van der Waals surface area contributed by atoms with Crippen LogP contribution in [0.5, 0.6) is 5.75 Å². The van der Waals surface area contributed by atoms with Crippen molar-refractivity contribution in [2.75, 3.05) is 19.8 Å². The van der Waals surface area contributed by atoms with E-state index < -0.39 is 5.97 Å². The fraction of sp³-hybridized carbons (Fsp3) is 0.417. The van der Waals surface area contributed by atoms with E-state index >= 15 is 0 Å². The lowest BCUT2D eigenvalue weighted by atomic mass is 9.90. The van der Waals surface area contributed by atoms with Gasteiger partial charge in [0.1, 0.15) is 17.9 Å². The van der Waals surface area contributed by atoms with Gasteiger partial charge in [0.05, 0.1) is 6.10 Å². The van der Waals surface area contributed by atoms with Crippen LogP contribution < -0.4 is 4.74 Å². The summed E-state index contributed by atoms with van der Waals surface area (Å²) in [6.07, 6.45) is 6.48. The van der Waals surface area contributed by atoms with Crippen LogP contribution in [0, 0.1) is 0 Å². The van der Waals surface area contributed by atoms with Gasteiger partial charge in [-0.2, -0.15) is 0 Å². The number of Topliss-reactive ketones (excluding diaryl/α,β-unsaturated/α-hetero) is 1. The van der Waals surface area contributed by atoms with Gasteiger partial charge in [0.25, 0.3) is 0 Å². The van der Waals surface area contributed by atoms with E-state index in [0.29, 0.717) is 23.5 Å². The number of carbonyl (C=O) groups is 2. The molecule has 1 aliphatic carbocycles. The van der Waals surface area contributed by atoms with Crippen LogP contribution in [0.1, 0.15) is 57.5 Å². The molecule has 0 amide bonds. The van der Waals surface area contributed by atoms with Gasteiger partial charge >= 0.3 is 5.97 Å². The molecule has 0 spiro atoms. The number of aryl methyl sites for hydroxylation is 2. The van der Waals surface area contributed by atoms with Crippen molar-refractivity contribution in [2.45, 2.75) is 44.6 Å². The minimum absolute atomic E-state index is 0.0599. The number of carbonyl (C=O) groups excluding carboxylic acids is 2. The molecule has 1 aliphatic heterocycles. The van der Waals surface area contributed by atoms with Crippen molar-refractivity contribution in [1.29, 1.82) is 0 Å². The molecule has 0 N–H and O–H groups in total. The number of ketones is 1. The number of hydrogen-bond donors (Lipinski definition) is 0. The monoisotopic (exact) mass is 394 g/mol. The van der Waals surface area contributed by atoms with E-state index in [1.165, 1.54) is 17.5 Å². The van der Waals surface area contributed by atoms with E-state index in [1.807, 2.05) is 18.2 Å². The van der Waals surface area contributed by atoms with Gasteiger partial charge in [-0.25, -0.2) is 4.79 Å². The summed E-state index contributed by atoms with van der Waals surface area (Å²) in [4.78, 5) is 25.1. The molecule has 5 nitrogen and oxygen atoms in total. The number of esters is 1. The molecule has 0 aromatic heterocycles. The van der Waals surface area contributed by atoms with Crippen LogP contribution in [0.2, 0.25) is 0 Å². The van der Waals surface area contributed by atoms with E-state index in [4.69, 9.17) is 14.2 Å². The summed E-state index contributed by atoms with van der Waals surface area (Å²) in [5.41, 5.74) is 3.48.